The van der Waals surface area contributed by atoms with E-state index in [4.69, 9.17) is 0 Å². The average Bonchev–Trinajstić information content (AvgIpc) is 2.67. The summed E-state index contributed by atoms with van der Waals surface area (Å²) in [5, 5.41) is 0. The van der Waals surface area contributed by atoms with Crippen molar-refractivity contribution in [1.82, 2.24) is 4.90 Å². The number of nitrogens with zero attached hydrogens (tertiary/aromatic N) is 2. The van der Waals surface area contributed by atoms with Crippen molar-refractivity contribution in [1.29, 1.82) is 0 Å². The molecule has 1 fully saturated rings. The standard InChI is InChI=1S/C20H20F2N2O2/c1-23(18-8-6-17(22)7-9-18)20(26)24-12-10-15(11-13-24)19(25)14-2-4-16(21)5-3-14/h2-9,15H,10-13H2,1H3. The van der Waals surface area contributed by atoms with Crippen LogP contribution in [0.3, 0.4) is 0 Å². The van der Waals surface area contributed by atoms with Gasteiger partial charge in [0.05, 0.1) is 0 Å². The van der Waals surface area contributed by atoms with Gasteiger partial charge in [0.2, 0.25) is 0 Å². The van der Waals surface area contributed by atoms with Crippen LogP contribution in [-0.2, 0) is 0 Å². The first-order valence-corrected chi connectivity index (χ1v) is 8.53. The molecule has 0 aliphatic carbocycles. The Hall–Kier alpha value is -2.76. The minimum atomic E-state index is -0.370. The van der Waals surface area contributed by atoms with E-state index in [-0.39, 0.29) is 29.4 Å². The monoisotopic (exact) mass is 358 g/mol. The molecule has 0 aromatic heterocycles. The number of likely N-dealkylation sites (tertiary alicyclic amines) is 1. The fourth-order valence-corrected chi connectivity index (χ4v) is 3.17. The largest absolute Gasteiger partial charge is 0.324 e. The summed E-state index contributed by atoms with van der Waals surface area (Å²) in [4.78, 5) is 28.3. The Morgan fingerprint density at radius 2 is 1.42 bits per heavy atom. The van der Waals surface area contributed by atoms with E-state index >= 15 is 0 Å². The van der Waals surface area contributed by atoms with Gasteiger partial charge in [0.25, 0.3) is 0 Å². The van der Waals surface area contributed by atoms with E-state index in [9.17, 15) is 18.4 Å². The number of halogens is 2. The van der Waals surface area contributed by atoms with Gasteiger partial charge in [-0.3, -0.25) is 9.69 Å². The first kappa shape index (κ1) is 18.0. The lowest BCUT2D eigenvalue weighted by Crippen LogP contribution is -2.46. The molecular formula is C20H20F2N2O2. The van der Waals surface area contributed by atoms with E-state index in [1.807, 2.05) is 0 Å². The van der Waals surface area contributed by atoms with E-state index in [0.29, 0.717) is 37.2 Å². The number of urea groups is 1. The predicted molar refractivity (Wildman–Crippen MR) is 95.2 cm³/mol. The maximum Gasteiger partial charge on any atom is 0.324 e. The minimum Gasteiger partial charge on any atom is -0.324 e. The Bertz CT molecular complexity index is 782. The van der Waals surface area contributed by atoms with E-state index in [2.05, 4.69) is 0 Å². The molecule has 6 heteroatoms. The second kappa shape index (κ2) is 7.64. The van der Waals surface area contributed by atoms with Crippen molar-refractivity contribution < 1.29 is 18.4 Å². The van der Waals surface area contributed by atoms with E-state index in [1.54, 1.807) is 24.1 Å². The molecule has 1 aliphatic heterocycles. The van der Waals surface area contributed by atoms with Gasteiger partial charge in [-0.2, -0.15) is 0 Å². The van der Waals surface area contributed by atoms with Gasteiger partial charge >= 0.3 is 6.03 Å². The number of rotatable bonds is 3. The molecule has 1 aliphatic rings. The van der Waals surface area contributed by atoms with Crippen molar-refractivity contribution in [3.8, 4) is 0 Å². The Balaban J connectivity index is 1.59. The van der Waals surface area contributed by atoms with Gasteiger partial charge < -0.3 is 4.90 Å². The lowest BCUT2D eigenvalue weighted by Gasteiger charge is -2.34. The number of ketones is 1. The molecule has 4 nitrogen and oxygen atoms in total. The Kier molecular flexibility index (Phi) is 5.30. The Morgan fingerprint density at radius 3 is 1.96 bits per heavy atom. The van der Waals surface area contributed by atoms with Gasteiger partial charge in [0.1, 0.15) is 11.6 Å². The summed E-state index contributed by atoms with van der Waals surface area (Å²) < 4.78 is 26.0. The molecule has 26 heavy (non-hydrogen) atoms. The van der Waals surface area contributed by atoms with Crippen molar-refractivity contribution in [3.63, 3.8) is 0 Å². The Labute approximate surface area is 151 Å². The number of benzene rings is 2. The number of carbonyl (C=O) groups excluding carboxylic acids is 2. The van der Waals surface area contributed by atoms with Crippen LogP contribution in [0, 0.1) is 17.6 Å². The van der Waals surface area contributed by atoms with Gasteiger partial charge in [0.15, 0.2) is 5.78 Å². The zero-order chi connectivity index (χ0) is 18.7. The minimum absolute atomic E-state index is 0.0102. The summed E-state index contributed by atoms with van der Waals surface area (Å²) in [6, 6.07) is 11.1. The third kappa shape index (κ3) is 3.90. The highest BCUT2D eigenvalue weighted by Gasteiger charge is 2.29. The SMILES string of the molecule is CN(C(=O)N1CCC(C(=O)c2ccc(F)cc2)CC1)c1ccc(F)cc1. The van der Waals surface area contributed by atoms with Crippen molar-refractivity contribution in [2.75, 3.05) is 25.0 Å². The first-order chi connectivity index (χ1) is 12.5. The van der Waals surface area contributed by atoms with Crippen molar-refractivity contribution in [2.24, 2.45) is 5.92 Å². The summed E-state index contributed by atoms with van der Waals surface area (Å²) in [6.07, 6.45) is 1.14. The van der Waals surface area contributed by atoms with Crippen LogP contribution in [0.5, 0.6) is 0 Å². The molecule has 2 aromatic carbocycles. The number of carbonyl (C=O) groups is 2. The van der Waals surface area contributed by atoms with Crippen molar-refractivity contribution in [2.45, 2.75) is 12.8 Å². The molecule has 1 saturated heterocycles. The van der Waals surface area contributed by atoms with Crippen LogP contribution >= 0.6 is 0 Å². The molecule has 0 unspecified atom stereocenters. The molecule has 0 atom stereocenters. The summed E-state index contributed by atoms with van der Waals surface area (Å²) in [5.74, 6) is -0.898. The second-order valence-electron chi connectivity index (χ2n) is 6.45. The zero-order valence-corrected chi connectivity index (χ0v) is 14.5. The fraction of sp³-hybridized carbons (Fsp3) is 0.300. The number of Topliss-reactive ketones (excluding diaryl/α,β-unsaturated/α-hetero) is 1. The molecule has 2 aromatic rings. The lowest BCUT2D eigenvalue weighted by molar-refractivity contribution is 0.0857. The van der Waals surface area contributed by atoms with E-state index in [0.717, 1.165) is 0 Å². The van der Waals surface area contributed by atoms with Gasteiger partial charge in [-0.25, -0.2) is 13.6 Å². The summed E-state index contributed by atoms with van der Waals surface area (Å²) >= 11 is 0. The molecule has 2 amide bonds. The molecule has 0 radical (unpaired) electrons. The normalized spacial score (nSPS) is 15.0. The third-order valence-electron chi connectivity index (χ3n) is 4.77. The van der Waals surface area contributed by atoms with Gasteiger partial charge in [-0.1, -0.05) is 0 Å². The van der Waals surface area contributed by atoms with Crippen LogP contribution in [-0.4, -0.2) is 36.9 Å². The van der Waals surface area contributed by atoms with Crippen molar-refractivity contribution >= 4 is 17.5 Å². The fourth-order valence-electron chi connectivity index (χ4n) is 3.17. The van der Waals surface area contributed by atoms with Crippen LogP contribution in [0.4, 0.5) is 19.3 Å². The quantitative estimate of drug-likeness (QED) is 0.775. The Morgan fingerprint density at radius 1 is 0.923 bits per heavy atom. The third-order valence-corrected chi connectivity index (χ3v) is 4.77. The predicted octanol–water partition coefficient (Wildman–Crippen LogP) is 4.12. The van der Waals surface area contributed by atoms with Crippen LogP contribution in [0.25, 0.3) is 0 Å². The highest BCUT2D eigenvalue weighted by atomic mass is 19.1. The topological polar surface area (TPSA) is 40.6 Å². The molecule has 136 valence electrons. The zero-order valence-electron chi connectivity index (χ0n) is 14.5. The van der Waals surface area contributed by atoms with Crippen LogP contribution < -0.4 is 4.90 Å². The highest BCUT2D eigenvalue weighted by molar-refractivity contribution is 5.98. The highest BCUT2D eigenvalue weighted by Crippen LogP contribution is 2.24. The maximum atomic E-state index is 13.0. The molecule has 0 N–H and O–H groups in total. The molecule has 0 bridgehead atoms. The molecular weight excluding hydrogens is 338 g/mol. The number of amides is 2. The lowest BCUT2D eigenvalue weighted by atomic mass is 9.89. The molecule has 0 saturated carbocycles. The van der Waals surface area contributed by atoms with E-state index in [1.165, 1.54) is 41.3 Å². The molecule has 0 spiro atoms. The number of anilines is 1. The molecule has 1 heterocycles. The van der Waals surface area contributed by atoms with Gasteiger partial charge in [-0.05, 0) is 61.4 Å². The van der Waals surface area contributed by atoms with Crippen molar-refractivity contribution in [3.05, 3.63) is 65.7 Å². The van der Waals surface area contributed by atoms with Crippen LogP contribution in [0.15, 0.2) is 48.5 Å². The molecule has 3 rings (SSSR count). The summed E-state index contributed by atoms with van der Waals surface area (Å²) in [6.45, 7) is 0.948. The smallest absolute Gasteiger partial charge is 0.324 e. The second-order valence-corrected chi connectivity index (χ2v) is 6.45. The van der Waals surface area contributed by atoms with Gasteiger partial charge in [0, 0.05) is 37.3 Å². The average molecular weight is 358 g/mol. The number of piperidine rings is 1. The summed E-state index contributed by atoms with van der Waals surface area (Å²) in [5.41, 5.74) is 1.11. The first-order valence-electron chi connectivity index (χ1n) is 8.53. The van der Waals surface area contributed by atoms with Crippen LogP contribution in [0.1, 0.15) is 23.2 Å². The number of hydrogen-bond acceptors (Lipinski definition) is 2. The maximum absolute atomic E-state index is 13.0. The summed E-state index contributed by atoms with van der Waals surface area (Å²) in [7, 11) is 1.64. The van der Waals surface area contributed by atoms with Crippen LogP contribution in [0.2, 0.25) is 0 Å². The van der Waals surface area contributed by atoms with E-state index < -0.39 is 0 Å². The van der Waals surface area contributed by atoms with Gasteiger partial charge in [-0.15, -0.1) is 0 Å². The number of hydrogen-bond donors (Lipinski definition) is 0.